The molecule has 0 aliphatic carbocycles. The molecule has 0 aromatic carbocycles. The Kier molecular flexibility index (Phi) is 7.38. The number of unbranched alkanes of at least 4 members (excludes halogenated alkanes) is 1. The van der Waals surface area contributed by atoms with Gasteiger partial charge >= 0.3 is 0 Å². The molecule has 4 heteroatoms. The Balaban J connectivity index is 2.01. The first-order valence-electron chi connectivity index (χ1n) is 5.63. The lowest BCUT2D eigenvalue weighted by Gasteiger charge is -2.03. The molecule has 1 aromatic rings. The third-order valence-corrected chi connectivity index (χ3v) is 2.78. The Hall–Kier alpha value is -0.450. The quantitative estimate of drug-likeness (QED) is 0.746. The zero-order valence-electron chi connectivity index (χ0n) is 9.71. The van der Waals surface area contributed by atoms with E-state index in [0.29, 0.717) is 0 Å². The van der Waals surface area contributed by atoms with Crippen LogP contribution in [0.2, 0.25) is 0 Å². The van der Waals surface area contributed by atoms with Crippen LogP contribution in [0.4, 0.5) is 0 Å². The summed E-state index contributed by atoms with van der Waals surface area (Å²) in [4.78, 5) is 4.34. The van der Waals surface area contributed by atoms with E-state index in [0.717, 1.165) is 30.6 Å². The molecular formula is C12H19BrN2O. The average Bonchev–Trinajstić information content (AvgIpc) is 2.30. The standard InChI is InChI=1S/C12H19BrN2O/c1-16-9-8-14-7-3-2-4-12-6-5-11(13)10-15-12/h5-6,10,14H,2-4,7-9H2,1H3. The minimum Gasteiger partial charge on any atom is -0.383 e. The van der Waals surface area contributed by atoms with Gasteiger partial charge in [0.05, 0.1) is 6.61 Å². The topological polar surface area (TPSA) is 34.1 Å². The number of ether oxygens (including phenoxy) is 1. The second-order valence-electron chi connectivity index (χ2n) is 3.67. The molecular weight excluding hydrogens is 268 g/mol. The zero-order valence-corrected chi connectivity index (χ0v) is 11.3. The Morgan fingerprint density at radius 3 is 2.88 bits per heavy atom. The monoisotopic (exact) mass is 286 g/mol. The summed E-state index contributed by atoms with van der Waals surface area (Å²) >= 11 is 3.38. The van der Waals surface area contributed by atoms with E-state index in [-0.39, 0.29) is 0 Å². The number of halogens is 1. The van der Waals surface area contributed by atoms with Crippen LogP contribution >= 0.6 is 15.9 Å². The van der Waals surface area contributed by atoms with Gasteiger partial charge in [0.15, 0.2) is 0 Å². The fourth-order valence-electron chi connectivity index (χ4n) is 1.41. The fraction of sp³-hybridized carbons (Fsp3) is 0.583. The van der Waals surface area contributed by atoms with Crippen LogP contribution in [0.25, 0.3) is 0 Å². The minimum absolute atomic E-state index is 0.786. The maximum Gasteiger partial charge on any atom is 0.0587 e. The summed E-state index contributed by atoms with van der Waals surface area (Å²) in [6.07, 6.45) is 5.27. The fourth-order valence-corrected chi connectivity index (χ4v) is 1.64. The lowest BCUT2D eigenvalue weighted by molar-refractivity contribution is 0.199. The van der Waals surface area contributed by atoms with Crippen molar-refractivity contribution in [3.63, 3.8) is 0 Å². The van der Waals surface area contributed by atoms with Crippen LogP contribution in [-0.4, -0.2) is 31.8 Å². The molecule has 1 heterocycles. The van der Waals surface area contributed by atoms with Gasteiger partial charge in [0.2, 0.25) is 0 Å². The minimum atomic E-state index is 0.786. The number of aryl methyl sites for hydroxylation is 1. The molecule has 16 heavy (non-hydrogen) atoms. The van der Waals surface area contributed by atoms with Crippen LogP contribution in [0.5, 0.6) is 0 Å². The van der Waals surface area contributed by atoms with E-state index >= 15 is 0 Å². The van der Waals surface area contributed by atoms with Crippen molar-refractivity contribution in [3.8, 4) is 0 Å². The third-order valence-electron chi connectivity index (χ3n) is 2.31. The van der Waals surface area contributed by atoms with E-state index in [2.05, 4.69) is 32.3 Å². The number of methoxy groups -OCH3 is 1. The van der Waals surface area contributed by atoms with Crippen LogP contribution in [0, 0.1) is 0 Å². The van der Waals surface area contributed by atoms with Gasteiger partial charge in [0.25, 0.3) is 0 Å². The number of pyridine rings is 1. The van der Waals surface area contributed by atoms with Crippen LogP contribution in [0.1, 0.15) is 18.5 Å². The molecule has 0 radical (unpaired) electrons. The van der Waals surface area contributed by atoms with E-state index in [1.807, 2.05) is 12.3 Å². The molecule has 0 spiro atoms. The van der Waals surface area contributed by atoms with Crippen molar-refractivity contribution in [2.75, 3.05) is 26.8 Å². The van der Waals surface area contributed by atoms with Gasteiger partial charge in [-0.05, 0) is 53.9 Å². The predicted molar refractivity (Wildman–Crippen MR) is 69.6 cm³/mol. The first kappa shape index (κ1) is 13.6. The second-order valence-corrected chi connectivity index (χ2v) is 4.58. The van der Waals surface area contributed by atoms with E-state index < -0.39 is 0 Å². The number of hydrogen-bond acceptors (Lipinski definition) is 3. The highest BCUT2D eigenvalue weighted by atomic mass is 79.9. The summed E-state index contributed by atoms with van der Waals surface area (Å²) in [6, 6.07) is 4.11. The van der Waals surface area contributed by atoms with Crippen molar-refractivity contribution in [1.29, 1.82) is 0 Å². The Bertz CT molecular complexity index is 277. The van der Waals surface area contributed by atoms with Crippen LogP contribution in [0.15, 0.2) is 22.8 Å². The van der Waals surface area contributed by atoms with Gasteiger partial charge in [-0.3, -0.25) is 4.98 Å². The maximum absolute atomic E-state index is 4.95. The molecule has 1 rings (SSSR count). The Labute approximate surface area is 106 Å². The molecule has 90 valence electrons. The van der Waals surface area contributed by atoms with Gasteiger partial charge < -0.3 is 10.1 Å². The number of nitrogens with zero attached hydrogens (tertiary/aromatic N) is 1. The smallest absolute Gasteiger partial charge is 0.0587 e. The van der Waals surface area contributed by atoms with E-state index in [1.165, 1.54) is 18.5 Å². The number of hydrogen-bond donors (Lipinski definition) is 1. The van der Waals surface area contributed by atoms with Gasteiger partial charge in [-0.1, -0.05) is 0 Å². The summed E-state index contributed by atoms with van der Waals surface area (Å²) in [5.41, 5.74) is 1.17. The predicted octanol–water partition coefficient (Wildman–Crippen LogP) is 2.40. The molecule has 1 aromatic heterocycles. The molecule has 0 amide bonds. The summed E-state index contributed by atoms with van der Waals surface area (Å²) in [7, 11) is 1.72. The van der Waals surface area contributed by atoms with Crippen LogP contribution in [0.3, 0.4) is 0 Å². The first-order valence-corrected chi connectivity index (χ1v) is 6.42. The Morgan fingerprint density at radius 2 is 2.19 bits per heavy atom. The van der Waals surface area contributed by atoms with Crippen molar-refractivity contribution in [3.05, 3.63) is 28.5 Å². The van der Waals surface area contributed by atoms with Gasteiger partial charge in [-0.15, -0.1) is 0 Å². The van der Waals surface area contributed by atoms with Crippen molar-refractivity contribution in [2.24, 2.45) is 0 Å². The van der Waals surface area contributed by atoms with Crippen molar-refractivity contribution >= 4 is 15.9 Å². The highest BCUT2D eigenvalue weighted by molar-refractivity contribution is 9.10. The molecule has 0 saturated carbocycles. The van der Waals surface area contributed by atoms with Crippen molar-refractivity contribution < 1.29 is 4.74 Å². The number of nitrogens with one attached hydrogen (secondary N) is 1. The summed E-state index contributed by atoms with van der Waals surface area (Å²) in [5, 5.41) is 3.33. The molecule has 0 unspecified atom stereocenters. The largest absolute Gasteiger partial charge is 0.383 e. The molecule has 0 saturated heterocycles. The van der Waals surface area contributed by atoms with E-state index in [9.17, 15) is 0 Å². The van der Waals surface area contributed by atoms with Gasteiger partial charge in [0.1, 0.15) is 0 Å². The molecule has 0 aliphatic heterocycles. The van der Waals surface area contributed by atoms with E-state index in [1.54, 1.807) is 7.11 Å². The van der Waals surface area contributed by atoms with Crippen LogP contribution in [-0.2, 0) is 11.2 Å². The average molecular weight is 287 g/mol. The van der Waals surface area contributed by atoms with Crippen molar-refractivity contribution in [2.45, 2.75) is 19.3 Å². The summed E-state index contributed by atoms with van der Waals surface area (Å²) in [6.45, 7) is 2.78. The van der Waals surface area contributed by atoms with Gasteiger partial charge in [-0.25, -0.2) is 0 Å². The third kappa shape index (κ3) is 6.20. The molecule has 1 N–H and O–H groups in total. The van der Waals surface area contributed by atoms with Gasteiger partial charge in [-0.2, -0.15) is 0 Å². The maximum atomic E-state index is 4.95. The molecule has 0 atom stereocenters. The molecule has 0 fully saturated rings. The van der Waals surface area contributed by atoms with Gasteiger partial charge in [0, 0.05) is 30.0 Å². The molecule has 0 aliphatic rings. The molecule has 0 bridgehead atoms. The normalized spacial score (nSPS) is 10.6. The van der Waals surface area contributed by atoms with Crippen LogP contribution < -0.4 is 5.32 Å². The van der Waals surface area contributed by atoms with Crippen molar-refractivity contribution in [1.82, 2.24) is 10.3 Å². The lowest BCUT2D eigenvalue weighted by atomic mass is 10.2. The summed E-state index contributed by atoms with van der Waals surface area (Å²) < 4.78 is 5.99. The number of aromatic nitrogens is 1. The highest BCUT2D eigenvalue weighted by Crippen LogP contribution is 2.08. The highest BCUT2D eigenvalue weighted by Gasteiger charge is 1.95. The Morgan fingerprint density at radius 1 is 1.31 bits per heavy atom. The lowest BCUT2D eigenvalue weighted by Crippen LogP contribution is -2.20. The zero-order chi connectivity index (χ0) is 11.6. The SMILES string of the molecule is COCCNCCCCc1ccc(Br)cn1. The number of rotatable bonds is 8. The molecule has 3 nitrogen and oxygen atoms in total. The van der Waals surface area contributed by atoms with E-state index in [4.69, 9.17) is 4.74 Å². The second kappa shape index (κ2) is 8.67. The first-order chi connectivity index (χ1) is 7.83. The summed E-state index contributed by atoms with van der Waals surface area (Å²) in [5.74, 6) is 0.